The number of carbonyl (C=O) groups is 1. The quantitative estimate of drug-likeness (QED) is 0.543. The second kappa shape index (κ2) is 4.48. The molecule has 0 radical (unpaired) electrons. The number of methoxy groups -OCH3 is 1. The molecule has 0 saturated heterocycles. The minimum atomic E-state index is -1.33. The number of aromatic amines is 1. The van der Waals surface area contributed by atoms with E-state index in [0.717, 1.165) is 6.07 Å². The maximum Gasteiger partial charge on any atom is 0.361 e. The summed E-state index contributed by atoms with van der Waals surface area (Å²) in [6.45, 7) is 0. The molecular weight excluding hydrogens is 278 g/mol. The SMILES string of the molecule is COc1cccc2c1oc(=O)c1[nH]c(C(=O)O)cc(=O)c12. The summed E-state index contributed by atoms with van der Waals surface area (Å²) >= 11 is 0. The van der Waals surface area contributed by atoms with Crippen LogP contribution in [0.25, 0.3) is 21.9 Å². The predicted octanol–water partition coefficient (Wildman–Crippen LogP) is 1.34. The van der Waals surface area contributed by atoms with Gasteiger partial charge in [0, 0.05) is 11.5 Å². The Morgan fingerprint density at radius 1 is 1.33 bits per heavy atom. The van der Waals surface area contributed by atoms with E-state index in [4.69, 9.17) is 14.3 Å². The van der Waals surface area contributed by atoms with E-state index in [1.165, 1.54) is 7.11 Å². The van der Waals surface area contributed by atoms with Crippen molar-refractivity contribution in [3.63, 3.8) is 0 Å². The molecule has 3 aromatic rings. The van der Waals surface area contributed by atoms with Gasteiger partial charge in [0.15, 0.2) is 16.8 Å². The lowest BCUT2D eigenvalue weighted by Crippen LogP contribution is -2.15. The Hall–Kier alpha value is -3.09. The average molecular weight is 287 g/mol. The Bertz CT molecular complexity index is 998. The van der Waals surface area contributed by atoms with E-state index in [2.05, 4.69) is 4.98 Å². The van der Waals surface area contributed by atoms with Gasteiger partial charge in [-0.05, 0) is 6.07 Å². The zero-order chi connectivity index (χ0) is 15.1. The summed E-state index contributed by atoms with van der Waals surface area (Å²) in [5.74, 6) is -1.02. The van der Waals surface area contributed by atoms with E-state index in [-0.39, 0.29) is 22.2 Å². The van der Waals surface area contributed by atoms with Crippen LogP contribution in [0.15, 0.2) is 38.3 Å². The lowest BCUT2D eigenvalue weighted by Gasteiger charge is -2.06. The van der Waals surface area contributed by atoms with E-state index in [1.54, 1.807) is 18.2 Å². The average Bonchev–Trinajstić information content (AvgIpc) is 2.46. The summed E-state index contributed by atoms with van der Waals surface area (Å²) in [5.41, 5.74) is -1.82. The highest BCUT2D eigenvalue weighted by atomic mass is 16.5. The molecule has 2 N–H and O–H groups in total. The van der Waals surface area contributed by atoms with Gasteiger partial charge in [-0.1, -0.05) is 12.1 Å². The summed E-state index contributed by atoms with van der Waals surface area (Å²) in [4.78, 5) is 37.5. The number of hydrogen-bond donors (Lipinski definition) is 2. The van der Waals surface area contributed by atoms with Crippen LogP contribution in [0, 0.1) is 0 Å². The summed E-state index contributed by atoms with van der Waals surface area (Å²) in [7, 11) is 1.41. The van der Waals surface area contributed by atoms with Crippen molar-refractivity contribution in [3.8, 4) is 5.75 Å². The Morgan fingerprint density at radius 2 is 2.10 bits per heavy atom. The molecule has 106 valence electrons. The Morgan fingerprint density at radius 3 is 2.76 bits per heavy atom. The van der Waals surface area contributed by atoms with Crippen LogP contribution in [0.2, 0.25) is 0 Å². The number of carboxylic acids is 1. The van der Waals surface area contributed by atoms with Gasteiger partial charge >= 0.3 is 11.6 Å². The number of aromatic carboxylic acids is 1. The molecule has 0 amide bonds. The van der Waals surface area contributed by atoms with Crippen LogP contribution >= 0.6 is 0 Å². The van der Waals surface area contributed by atoms with Gasteiger partial charge in [0.05, 0.1) is 12.5 Å². The minimum absolute atomic E-state index is 0.0742. The molecule has 0 spiro atoms. The number of carboxylic acid groups (broad SMARTS) is 1. The van der Waals surface area contributed by atoms with Crippen molar-refractivity contribution in [2.45, 2.75) is 0 Å². The van der Waals surface area contributed by atoms with E-state index in [0.29, 0.717) is 11.1 Å². The predicted molar refractivity (Wildman–Crippen MR) is 74.1 cm³/mol. The van der Waals surface area contributed by atoms with Crippen molar-refractivity contribution in [1.82, 2.24) is 4.98 Å². The fourth-order valence-electron chi connectivity index (χ4n) is 2.22. The molecule has 0 fully saturated rings. The standard InChI is InChI=1S/C14H9NO6/c1-20-9-4-2-3-6-10-8(16)5-7(13(17)18)15-11(10)14(19)21-12(6)9/h2-5H,1H3,(H,15,16)(H,17,18). The number of para-hydroxylation sites is 1. The fourth-order valence-corrected chi connectivity index (χ4v) is 2.22. The number of pyridine rings is 1. The van der Waals surface area contributed by atoms with Gasteiger partial charge in [-0.15, -0.1) is 0 Å². The number of benzene rings is 1. The largest absolute Gasteiger partial charge is 0.493 e. The third-order valence-electron chi connectivity index (χ3n) is 3.13. The Labute approximate surface area is 116 Å². The van der Waals surface area contributed by atoms with Gasteiger partial charge in [-0.2, -0.15) is 0 Å². The molecule has 0 bridgehead atoms. The molecule has 0 atom stereocenters. The molecule has 0 aliphatic rings. The van der Waals surface area contributed by atoms with Crippen molar-refractivity contribution in [3.05, 3.63) is 50.6 Å². The van der Waals surface area contributed by atoms with Crippen LogP contribution in [0.3, 0.4) is 0 Å². The molecule has 0 aliphatic heterocycles. The normalized spacial score (nSPS) is 10.9. The number of H-pyrrole nitrogens is 1. The minimum Gasteiger partial charge on any atom is -0.493 e. The molecule has 2 aromatic heterocycles. The highest BCUT2D eigenvalue weighted by Crippen LogP contribution is 2.27. The topological polar surface area (TPSA) is 110 Å². The zero-order valence-electron chi connectivity index (χ0n) is 10.8. The molecule has 0 aliphatic carbocycles. The van der Waals surface area contributed by atoms with Gasteiger partial charge < -0.3 is 19.2 Å². The number of aromatic nitrogens is 1. The van der Waals surface area contributed by atoms with Crippen LogP contribution in [-0.2, 0) is 0 Å². The summed E-state index contributed by atoms with van der Waals surface area (Å²) in [6.07, 6.45) is 0. The van der Waals surface area contributed by atoms with E-state index < -0.39 is 17.0 Å². The van der Waals surface area contributed by atoms with Crippen LogP contribution in [0.4, 0.5) is 0 Å². The second-order valence-corrected chi connectivity index (χ2v) is 4.33. The van der Waals surface area contributed by atoms with Gasteiger partial charge in [0.1, 0.15) is 11.2 Å². The zero-order valence-corrected chi connectivity index (χ0v) is 10.8. The lowest BCUT2D eigenvalue weighted by atomic mass is 10.1. The lowest BCUT2D eigenvalue weighted by molar-refractivity contribution is 0.0691. The monoisotopic (exact) mass is 287 g/mol. The summed E-state index contributed by atoms with van der Waals surface area (Å²) < 4.78 is 10.2. The maximum absolute atomic E-state index is 12.2. The molecule has 7 heteroatoms. The number of rotatable bonds is 2. The van der Waals surface area contributed by atoms with Gasteiger partial charge in [-0.3, -0.25) is 4.79 Å². The smallest absolute Gasteiger partial charge is 0.361 e. The third-order valence-corrected chi connectivity index (χ3v) is 3.13. The molecule has 1 aromatic carbocycles. The van der Waals surface area contributed by atoms with Crippen LogP contribution < -0.4 is 15.8 Å². The molecule has 0 unspecified atom stereocenters. The van der Waals surface area contributed by atoms with Crippen molar-refractivity contribution >= 4 is 27.8 Å². The highest BCUT2D eigenvalue weighted by Gasteiger charge is 2.16. The third kappa shape index (κ3) is 1.86. The first-order valence-corrected chi connectivity index (χ1v) is 5.93. The number of nitrogens with one attached hydrogen (secondary N) is 1. The molecule has 21 heavy (non-hydrogen) atoms. The molecule has 7 nitrogen and oxygen atoms in total. The van der Waals surface area contributed by atoms with Crippen LogP contribution in [-0.4, -0.2) is 23.2 Å². The van der Waals surface area contributed by atoms with Crippen molar-refractivity contribution in [2.75, 3.05) is 7.11 Å². The molecular formula is C14H9NO6. The summed E-state index contributed by atoms with van der Waals surface area (Å²) in [6, 6.07) is 5.77. The number of ether oxygens (including phenoxy) is 1. The molecule has 2 heterocycles. The van der Waals surface area contributed by atoms with Crippen molar-refractivity contribution in [1.29, 1.82) is 0 Å². The van der Waals surface area contributed by atoms with Crippen molar-refractivity contribution in [2.24, 2.45) is 0 Å². The number of hydrogen-bond acceptors (Lipinski definition) is 5. The van der Waals surface area contributed by atoms with E-state index in [9.17, 15) is 14.4 Å². The van der Waals surface area contributed by atoms with Gasteiger partial charge in [0.2, 0.25) is 0 Å². The Balaban J connectivity index is 2.60. The molecule has 0 saturated carbocycles. The second-order valence-electron chi connectivity index (χ2n) is 4.33. The van der Waals surface area contributed by atoms with Crippen LogP contribution in [0.5, 0.6) is 5.75 Å². The fraction of sp³-hybridized carbons (Fsp3) is 0.0714. The van der Waals surface area contributed by atoms with Gasteiger partial charge in [0.25, 0.3) is 0 Å². The van der Waals surface area contributed by atoms with Crippen molar-refractivity contribution < 1.29 is 19.1 Å². The Kier molecular flexibility index (Phi) is 2.76. The van der Waals surface area contributed by atoms with E-state index in [1.807, 2.05) is 0 Å². The highest BCUT2D eigenvalue weighted by molar-refractivity contribution is 6.05. The van der Waals surface area contributed by atoms with Gasteiger partial charge in [-0.25, -0.2) is 9.59 Å². The maximum atomic E-state index is 12.2. The first kappa shape index (κ1) is 12.9. The van der Waals surface area contributed by atoms with E-state index >= 15 is 0 Å². The van der Waals surface area contributed by atoms with Crippen LogP contribution in [0.1, 0.15) is 10.5 Å². The summed E-state index contributed by atoms with van der Waals surface area (Å²) in [5, 5.41) is 9.38. The first-order valence-electron chi connectivity index (χ1n) is 5.93. The number of fused-ring (bicyclic) bond motifs is 3. The first-order chi connectivity index (χ1) is 10.0. The molecule has 3 rings (SSSR count).